The van der Waals surface area contributed by atoms with E-state index in [1.54, 1.807) is 24.5 Å². The second-order valence-electron chi connectivity index (χ2n) is 12.2. The van der Waals surface area contributed by atoms with E-state index in [1.807, 2.05) is 30.3 Å². The van der Waals surface area contributed by atoms with E-state index in [0.717, 1.165) is 61.9 Å². The first-order chi connectivity index (χ1) is 19.8. The zero-order valence-electron chi connectivity index (χ0n) is 23.7. The first kappa shape index (κ1) is 26.8. The number of phenolic OH excluding ortho intramolecular Hbond substituents is 1. The van der Waals surface area contributed by atoms with Crippen LogP contribution in [0.2, 0.25) is 0 Å². The number of likely N-dealkylation sites (tertiary alicyclic amines) is 1. The van der Waals surface area contributed by atoms with Crippen molar-refractivity contribution in [2.24, 2.45) is 5.92 Å². The molecule has 1 saturated carbocycles. The summed E-state index contributed by atoms with van der Waals surface area (Å²) >= 11 is 0. The zero-order chi connectivity index (χ0) is 28.4. The van der Waals surface area contributed by atoms with E-state index in [0.29, 0.717) is 17.4 Å². The van der Waals surface area contributed by atoms with E-state index in [9.17, 15) is 13.5 Å². The van der Waals surface area contributed by atoms with Crippen LogP contribution in [0, 0.1) is 5.92 Å². The molecule has 2 bridgehead atoms. The molecule has 8 heteroatoms. The average molecular weight is 575 g/mol. The molecular weight excluding hydrogens is 536 g/mol. The molecule has 2 aliphatic carbocycles. The number of benzene rings is 3. The zero-order valence-corrected chi connectivity index (χ0v) is 24.5. The van der Waals surface area contributed by atoms with Crippen LogP contribution < -0.4 is 9.47 Å². The maximum Gasteiger partial charge on any atom is 0.218 e. The van der Waals surface area contributed by atoms with Gasteiger partial charge in [-0.3, -0.25) is 4.90 Å². The highest BCUT2D eigenvalue weighted by molar-refractivity contribution is 7.88. The molecule has 2 fully saturated rings. The van der Waals surface area contributed by atoms with Gasteiger partial charge in [-0.1, -0.05) is 60.7 Å². The minimum absolute atomic E-state index is 0.0395. The summed E-state index contributed by atoms with van der Waals surface area (Å²) in [6.07, 6.45) is 3.93. The van der Waals surface area contributed by atoms with Gasteiger partial charge in [0, 0.05) is 42.2 Å². The summed E-state index contributed by atoms with van der Waals surface area (Å²) in [5.74, 6) is 1.76. The number of hydrogen-bond donors (Lipinski definition) is 1. The topological polar surface area (TPSA) is 79.3 Å². The highest BCUT2D eigenvalue weighted by Gasteiger charge is 2.67. The minimum Gasteiger partial charge on any atom is -0.508 e. The van der Waals surface area contributed by atoms with E-state index in [2.05, 4.69) is 35.2 Å². The Kier molecular flexibility index (Phi) is 6.56. The van der Waals surface area contributed by atoms with Crippen molar-refractivity contribution in [1.29, 1.82) is 0 Å². The van der Waals surface area contributed by atoms with Crippen molar-refractivity contribution in [2.45, 2.75) is 61.5 Å². The van der Waals surface area contributed by atoms with Crippen LogP contribution in [0.1, 0.15) is 41.5 Å². The summed E-state index contributed by atoms with van der Waals surface area (Å²) in [7, 11) is -0.270. The third-order valence-corrected chi connectivity index (χ3v) is 12.2. The molecule has 1 spiro atoms. The number of sulfonamides is 1. The first-order valence-electron chi connectivity index (χ1n) is 14.7. The lowest BCUT2D eigenvalue weighted by Gasteiger charge is -2.60. The second kappa shape index (κ2) is 10.0. The van der Waals surface area contributed by atoms with Crippen LogP contribution in [-0.4, -0.2) is 68.2 Å². The van der Waals surface area contributed by atoms with Gasteiger partial charge in [0.25, 0.3) is 0 Å². The van der Waals surface area contributed by atoms with Crippen molar-refractivity contribution < 1.29 is 23.0 Å². The molecule has 7 nitrogen and oxygen atoms in total. The van der Waals surface area contributed by atoms with Crippen molar-refractivity contribution in [1.82, 2.24) is 9.21 Å². The van der Waals surface area contributed by atoms with Gasteiger partial charge in [0.05, 0.1) is 18.9 Å². The van der Waals surface area contributed by atoms with Crippen LogP contribution in [0.25, 0.3) is 0 Å². The summed E-state index contributed by atoms with van der Waals surface area (Å²) in [5, 5.41) is 11.3. The van der Waals surface area contributed by atoms with Crippen LogP contribution in [-0.2, 0) is 34.0 Å². The fraction of sp³-hybridized carbons (Fsp3) is 0.455. The molecule has 5 atom stereocenters. The predicted octanol–water partition coefficient (Wildman–Crippen LogP) is 4.51. The largest absolute Gasteiger partial charge is 0.508 e. The van der Waals surface area contributed by atoms with Crippen LogP contribution in [0.3, 0.4) is 0 Å². The minimum atomic E-state index is -3.59. The van der Waals surface area contributed by atoms with Crippen LogP contribution in [0.15, 0.2) is 66.7 Å². The number of nitrogens with zero attached hydrogens (tertiary/aromatic N) is 2. The van der Waals surface area contributed by atoms with Gasteiger partial charge in [0.1, 0.15) is 11.9 Å². The number of aromatic hydroxyl groups is 1. The van der Waals surface area contributed by atoms with Gasteiger partial charge in [-0.2, -0.15) is 4.31 Å². The van der Waals surface area contributed by atoms with Gasteiger partial charge in [-0.15, -0.1) is 0 Å². The molecule has 3 aromatic rings. The lowest BCUT2D eigenvalue weighted by atomic mass is 9.51. The lowest BCUT2D eigenvalue weighted by molar-refractivity contribution is -0.0741. The Labute approximate surface area is 242 Å². The maximum absolute atomic E-state index is 13.7. The summed E-state index contributed by atoms with van der Waals surface area (Å²) < 4.78 is 41.6. The second-order valence-corrected chi connectivity index (χ2v) is 14.2. The Hall–Kier alpha value is -3.07. The van der Waals surface area contributed by atoms with Gasteiger partial charge in [-0.25, -0.2) is 8.42 Å². The molecule has 0 aromatic heterocycles. The molecule has 4 aliphatic rings. The van der Waals surface area contributed by atoms with E-state index in [1.165, 1.54) is 5.56 Å². The third kappa shape index (κ3) is 4.17. The molecule has 1 saturated heterocycles. The number of methoxy groups -OCH3 is 1. The van der Waals surface area contributed by atoms with E-state index in [-0.39, 0.29) is 35.1 Å². The summed E-state index contributed by atoms with van der Waals surface area (Å²) in [5.41, 5.74) is 3.77. The predicted molar refractivity (Wildman–Crippen MR) is 158 cm³/mol. The number of rotatable bonds is 8. The summed E-state index contributed by atoms with van der Waals surface area (Å²) in [6.45, 7) is 1.87. The molecule has 0 unspecified atom stereocenters. The number of phenols is 1. The Bertz CT molecular complexity index is 1550. The Morgan fingerprint density at radius 3 is 2.49 bits per heavy atom. The average Bonchev–Trinajstić information content (AvgIpc) is 3.32. The molecule has 7 rings (SSSR count). The van der Waals surface area contributed by atoms with Gasteiger partial charge in [0.2, 0.25) is 10.0 Å². The van der Waals surface area contributed by atoms with Crippen molar-refractivity contribution in [3.05, 3.63) is 89.0 Å². The molecule has 0 amide bonds. The molecule has 3 aromatic carbocycles. The van der Waals surface area contributed by atoms with Crippen LogP contribution in [0.5, 0.6) is 17.2 Å². The van der Waals surface area contributed by atoms with Crippen molar-refractivity contribution in [3.63, 3.8) is 0 Å². The highest BCUT2D eigenvalue weighted by atomic mass is 32.2. The third-order valence-electron chi connectivity index (χ3n) is 10.3. The molecule has 0 radical (unpaired) electrons. The standard InChI is InChI=1S/C33H38N2O5S/c1-34(41(37,38)21-23-11-7-4-8-12-23)26-14-13-25-27-19-24-28(36)20-29(39-2)31-30(24)33(25,32(26)40-31)16-18-35(27)17-15-22-9-5-3-6-10-22/h3-12,20,25-27,32,36H,13-19,21H2,1-2H3/t25-,26+,27+,32-,33-/m0/s1. The van der Waals surface area contributed by atoms with E-state index in [4.69, 9.17) is 9.47 Å². The Balaban J connectivity index is 1.26. The van der Waals surface area contributed by atoms with Gasteiger partial charge < -0.3 is 14.6 Å². The van der Waals surface area contributed by atoms with Gasteiger partial charge in [-0.05, 0) is 55.7 Å². The number of hydrogen-bond acceptors (Lipinski definition) is 6. The van der Waals surface area contributed by atoms with Crippen molar-refractivity contribution in [3.8, 4) is 17.2 Å². The molecule has 2 aliphatic heterocycles. The van der Waals surface area contributed by atoms with Crippen molar-refractivity contribution >= 4 is 10.0 Å². The lowest BCUT2D eigenvalue weighted by Crippen LogP contribution is -2.69. The molecule has 216 valence electrons. The number of likely N-dealkylation sites (N-methyl/N-ethyl adjacent to an activating group) is 1. The molecule has 41 heavy (non-hydrogen) atoms. The molecule has 2 heterocycles. The van der Waals surface area contributed by atoms with Gasteiger partial charge >= 0.3 is 0 Å². The highest BCUT2D eigenvalue weighted by Crippen LogP contribution is 2.65. The number of piperidine rings is 1. The normalized spacial score (nSPS) is 28.3. The maximum atomic E-state index is 13.7. The quantitative estimate of drug-likeness (QED) is 0.427. The Morgan fingerprint density at radius 2 is 1.78 bits per heavy atom. The monoisotopic (exact) mass is 574 g/mol. The molecular formula is C33H38N2O5S. The summed E-state index contributed by atoms with van der Waals surface area (Å²) in [4.78, 5) is 2.61. The van der Waals surface area contributed by atoms with E-state index < -0.39 is 10.0 Å². The smallest absolute Gasteiger partial charge is 0.218 e. The Morgan fingerprint density at radius 1 is 1.07 bits per heavy atom. The SMILES string of the molecule is COc1cc(O)c2c3c1O[C@H]1[C@H](N(C)S(=O)(=O)Cc4ccccc4)CC[C@H]4[C@@H](C2)N(CCc2ccccc2)CC[C@@]341. The van der Waals surface area contributed by atoms with Crippen molar-refractivity contribution in [2.75, 3.05) is 27.2 Å². The molecule has 1 N–H and O–H groups in total. The first-order valence-corrected chi connectivity index (χ1v) is 16.3. The van der Waals surface area contributed by atoms with E-state index >= 15 is 0 Å². The fourth-order valence-electron chi connectivity index (χ4n) is 8.46. The number of ether oxygens (including phenoxy) is 2. The van der Waals surface area contributed by atoms with Gasteiger partial charge in [0.15, 0.2) is 11.5 Å². The van der Waals surface area contributed by atoms with Crippen LogP contribution >= 0.6 is 0 Å². The van der Waals surface area contributed by atoms with Crippen LogP contribution in [0.4, 0.5) is 0 Å². The summed E-state index contributed by atoms with van der Waals surface area (Å²) in [6, 6.07) is 21.6. The fourth-order valence-corrected chi connectivity index (χ4v) is 9.91.